The zero-order chi connectivity index (χ0) is 25.5. The summed E-state index contributed by atoms with van der Waals surface area (Å²) in [6, 6.07) is 13.6. The summed E-state index contributed by atoms with van der Waals surface area (Å²) in [5.41, 5.74) is 4.66. The van der Waals surface area contributed by atoms with Crippen LogP contribution in [-0.4, -0.2) is 23.9 Å². The van der Waals surface area contributed by atoms with Gasteiger partial charge in [-0.15, -0.1) is 0 Å². The number of carbonyl (C=O) groups is 1. The maximum absolute atomic E-state index is 13.5. The first-order chi connectivity index (χ1) is 16.5. The highest BCUT2D eigenvalue weighted by atomic mass is 32.2. The molecule has 0 fully saturated rings. The number of nitrogens with one attached hydrogen (secondary N) is 1. The molecule has 35 heavy (non-hydrogen) atoms. The van der Waals surface area contributed by atoms with Gasteiger partial charge in [0.15, 0.2) is 0 Å². The van der Waals surface area contributed by atoms with Gasteiger partial charge in [0, 0.05) is 17.6 Å². The van der Waals surface area contributed by atoms with Crippen LogP contribution in [0.25, 0.3) is 11.0 Å². The van der Waals surface area contributed by atoms with Crippen molar-refractivity contribution in [3.05, 3.63) is 92.9 Å². The second kappa shape index (κ2) is 9.11. The zero-order valence-corrected chi connectivity index (χ0v) is 21.2. The fourth-order valence-electron chi connectivity index (χ4n) is 3.95. The van der Waals surface area contributed by atoms with Crippen LogP contribution in [-0.2, 0) is 21.2 Å². The molecule has 2 aromatic carbocycles. The molecule has 1 amide bonds. The van der Waals surface area contributed by atoms with E-state index in [4.69, 9.17) is 0 Å². The molecule has 0 saturated carbocycles. The Balaban J connectivity index is 1.83. The third kappa shape index (κ3) is 4.74. The number of anilines is 1. The lowest BCUT2D eigenvalue weighted by molar-refractivity contribution is -0.116. The average Bonchev–Trinajstić information content (AvgIpc) is 2.79. The molecule has 1 N–H and O–H groups in total. The van der Waals surface area contributed by atoms with E-state index in [0.29, 0.717) is 11.4 Å². The summed E-state index contributed by atoms with van der Waals surface area (Å²) < 4.78 is 28.4. The van der Waals surface area contributed by atoms with Gasteiger partial charge in [-0.2, -0.15) is 0 Å². The fourth-order valence-corrected chi connectivity index (χ4v) is 5.40. The number of nitrogens with zero attached hydrogens (tertiary/aromatic N) is 2. The molecule has 8 heteroatoms. The van der Waals surface area contributed by atoms with E-state index >= 15 is 0 Å². The van der Waals surface area contributed by atoms with Gasteiger partial charge in [-0.3, -0.25) is 9.59 Å². The number of fused-ring (bicyclic) bond motifs is 1. The number of aryl methyl sites for hydroxylation is 5. The van der Waals surface area contributed by atoms with Crippen molar-refractivity contribution in [2.75, 3.05) is 5.32 Å². The van der Waals surface area contributed by atoms with E-state index in [1.54, 1.807) is 31.2 Å². The van der Waals surface area contributed by atoms with Gasteiger partial charge in [0.05, 0.1) is 10.3 Å². The summed E-state index contributed by atoms with van der Waals surface area (Å²) in [4.78, 5) is 30.3. The Kier molecular flexibility index (Phi) is 6.34. The molecule has 0 unspecified atom stereocenters. The van der Waals surface area contributed by atoms with Crippen LogP contribution in [0, 0.1) is 34.6 Å². The predicted octanol–water partition coefficient (Wildman–Crippen LogP) is 4.41. The Morgan fingerprint density at radius 2 is 1.66 bits per heavy atom. The maximum Gasteiger partial charge on any atom is 0.244 e. The molecule has 180 valence electrons. The van der Waals surface area contributed by atoms with Gasteiger partial charge in [0.2, 0.25) is 21.2 Å². The third-order valence-electron chi connectivity index (χ3n) is 6.08. The number of amides is 1. The second-order valence-corrected chi connectivity index (χ2v) is 10.8. The molecule has 0 spiro atoms. The first-order valence-electron chi connectivity index (χ1n) is 11.2. The standard InChI is InChI=1S/C27H27N3O4S/c1-16-6-11-23(19(4)12-16)29-25(31)15-30-14-24(26(32)22-10-8-20(5)28-27(22)30)35(33,34)21-9-7-17(2)18(3)13-21/h6-14H,15H2,1-5H3,(H,29,31). The minimum Gasteiger partial charge on any atom is -0.324 e. The summed E-state index contributed by atoms with van der Waals surface area (Å²) in [5.74, 6) is -0.361. The van der Waals surface area contributed by atoms with Crippen molar-refractivity contribution in [3.8, 4) is 0 Å². The van der Waals surface area contributed by atoms with Crippen LogP contribution >= 0.6 is 0 Å². The van der Waals surface area contributed by atoms with E-state index < -0.39 is 20.2 Å². The monoisotopic (exact) mass is 489 g/mol. The number of benzene rings is 2. The second-order valence-electron chi connectivity index (χ2n) is 8.89. The van der Waals surface area contributed by atoms with Gasteiger partial charge in [-0.05, 0) is 81.6 Å². The van der Waals surface area contributed by atoms with Gasteiger partial charge in [0.1, 0.15) is 17.1 Å². The zero-order valence-electron chi connectivity index (χ0n) is 20.3. The maximum atomic E-state index is 13.5. The van der Waals surface area contributed by atoms with Crippen LogP contribution < -0.4 is 10.7 Å². The largest absolute Gasteiger partial charge is 0.324 e. The minimum absolute atomic E-state index is 0.0309. The minimum atomic E-state index is -4.13. The molecule has 4 rings (SSSR count). The molecule has 2 heterocycles. The molecular formula is C27H27N3O4S. The Bertz CT molecular complexity index is 1650. The van der Waals surface area contributed by atoms with E-state index in [1.165, 1.54) is 16.8 Å². The lowest BCUT2D eigenvalue weighted by atomic mass is 10.1. The van der Waals surface area contributed by atoms with Crippen LogP contribution in [0.3, 0.4) is 0 Å². The van der Waals surface area contributed by atoms with Gasteiger partial charge < -0.3 is 9.88 Å². The van der Waals surface area contributed by atoms with E-state index in [-0.39, 0.29) is 28.4 Å². The Morgan fingerprint density at radius 3 is 2.34 bits per heavy atom. The van der Waals surface area contributed by atoms with Gasteiger partial charge >= 0.3 is 0 Å². The number of carbonyl (C=O) groups excluding carboxylic acids is 1. The van der Waals surface area contributed by atoms with E-state index in [9.17, 15) is 18.0 Å². The number of sulfone groups is 1. The first kappa shape index (κ1) is 24.3. The number of pyridine rings is 2. The van der Waals surface area contributed by atoms with Crippen molar-refractivity contribution < 1.29 is 13.2 Å². The smallest absolute Gasteiger partial charge is 0.244 e. The normalized spacial score (nSPS) is 11.6. The lowest BCUT2D eigenvalue weighted by Crippen LogP contribution is -2.24. The molecule has 0 saturated heterocycles. The summed E-state index contributed by atoms with van der Waals surface area (Å²) in [5, 5.41) is 3.01. The lowest BCUT2D eigenvalue weighted by Gasteiger charge is -2.15. The van der Waals surface area contributed by atoms with Crippen molar-refractivity contribution in [2.24, 2.45) is 0 Å². The Morgan fingerprint density at radius 1 is 0.914 bits per heavy atom. The number of hydrogen-bond donors (Lipinski definition) is 1. The summed E-state index contributed by atoms with van der Waals surface area (Å²) in [6.45, 7) is 9.13. The van der Waals surface area contributed by atoms with Crippen molar-refractivity contribution in [1.29, 1.82) is 0 Å². The molecule has 7 nitrogen and oxygen atoms in total. The molecular weight excluding hydrogens is 462 g/mol. The number of aromatic nitrogens is 2. The quantitative estimate of drug-likeness (QED) is 0.448. The van der Waals surface area contributed by atoms with Crippen LogP contribution in [0.15, 0.2) is 69.3 Å². The van der Waals surface area contributed by atoms with E-state index in [0.717, 1.165) is 22.3 Å². The van der Waals surface area contributed by atoms with Gasteiger partial charge in [0.25, 0.3) is 0 Å². The molecule has 0 aliphatic rings. The summed E-state index contributed by atoms with van der Waals surface area (Å²) in [6.07, 6.45) is 1.23. The molecule has 0 radical (unpaired) electrons. The van der Waals surface area contributed by atoms with E-state index in [1.807, 2.05) is 45.9 Å². The van der Waals surface area contributed by atoms with Crippen LogP contribution in [0.4, 0.5) is 5.69 Å². The predicted molar refractivity (Wildman–Crippen MR) is 137 cm³/mol. The van der Waals surface area contributed by atoms with Crippen LogP contribution in [0.1, 0.15) is 27.9 Å². The highest BCUT2D eigenvalue weighted by molar-refractivity contribution is 7.91. The number of hydrogen-bond acceptors (Lipinski definition) is 5. The van der Waals surface area contributed by atoms with Crippen molar-refractivity contribution in [3.63, 3.8) is 0 Å². The fraction of sp³-hybridized carbons (Fsp3) is 0.222. The molecule has 0 aliphatic heterocycles. The topological polar surface area (TPSA) is 98.1 Å². The van der Waals surface area contributed by atoms with Gasteiger partial charge in [-0.1, -0.05) is 23.8 Å². The first-order valence-corrected chi connectivity index (χ1v) is 12.7. The average molecular weight is 490 g/mol. The molecule has 0 bridgehead atoms. The Hall–Kier alpha value is -3.78. The molecule has 4 aromatic rings. The highest BCUT2D eigenvalue weighted by Crippen LogP contribution is 2.23. The summed E-state index contributed by atoms with van der Waals surface area (Å²) >= 11 is 0. The highest BCUT2D eigenvalue weighted by Gasteiger charge is 2.25. The molecule has 2 aromatic heterocycles. The SMILES string of the molecule is Cc1ccc(NC(=O)Cn2cc(S(=O)(=O)c3ccc(C)c(C)c3)c(=O)c3ccc(C)nc32)c(C)c1. The number of rotatable bonds is 5. The molecule has 0 atom stereocenters. The van der Waals surface area contributed by atoms with Crippen LogP contribution in [0.5, 0.6) is 0 Å². The molecule has 0 aliphatic carbocycles. The van der Waals surface area contributed by atoms with Crippen molar-refractivity contribution in [1.82, 2.24) is 9.55 Å². The van der Waals surface area contributed by atoms with E-state index in [2.05, 4.69) is 10.3 Å². The van der Waals surface area contributed by atoms with Gasteiger partial charge in [-0.25, -0.2) is 13.4 Å². The summed E-state index contributed by atoms with van der Waals surface area (Å²) in [7, 11) is -4.13. The third-order valence-corrected chi connectivity index (χ3v) is 7.82. The van der Waals surface area contributed by atoms with Crippen LogP contribution in [0.2, 0.25) is 0 Å². The van der Waals surface area contributed by atoms with Crippen molar-refractivity contribution in [2.45, 2.75) is 51.0 Å². The Labute approximate surface area is 204 Å². The van der Waals surface area contributed by atoms with Crippen molar-refractivity contribution >= 4 is 32.5 Å².